The van der Waals surface area contributed by atoms with Gasteiger partial charge < -0.3 is 10.6 Å². The van der Waals surface area contributed by atoms with Gasteiger partial charge in [0.1, 0.15) is 0 Å². The summed E-state index contributed by atoms with van der Waals surface area (Å²) in [6.07, 6.45) is 2.38. The molecule has 0 rings (SSSR count). The molecule has 0 spiro atoms. The van der Waals surface area contributed by atoms with Gasteiger partial charge in [0.05, 0.1) is 0 Å². The van der Waals surface area contributed by atoms with Gasteiger partial charge in [-0.2, -0.15) is 0 Å². The minimum Gasteiger partial charge on any atom is -0.327 e. The summed E-state index contributed by atoms with van der Waals surface area (Å²) in [5.74, 6) is 1.40. The van der Waals surface area contributed by atoms with Gasteiger partial charge in [-0.25, -0.2) is 0 Å². The molecule has 14 heavy (non-hydrogen) atoms. The van der Waals surface area contributed by atoms with E-state index in [1.54, 1.807) is 0 Å². The van der Waals surface area contributed by atoms with Crippen LogP contribution >= 0.6 is 0 Å². The van der Waals surface area contributed by atoms with E-state index < -0.39 is 0 Å². The SMILES string of the molecule is CCC(C)CN(C)CCC(N)C(C)C. The van der Waals surface area contributed by atoms with Gasteiger partial charge in [-0.3, -0.25) is 0 Å². The van der Waals surface area contributed by atoms with Crippen LogP contribution in [0.15, 0.2) is 0 Å². The van der Waals surface area contributed by atoms with Crippen LogP contribution < -0.4 is 5.73 Å². The zero-order valence-corrected chi connectivity index (χ0v) is 10.6. The molecule has 0 aromatic rings. The van der Waals surface area contributed by atoms with E-state index in [1.807, 2.05) is 0 Å². The Balaban J connectivity index is 3.58. The summed E-state index contributed by atoms with van der Waals surface area (Å²) in [4.78, 5) is 2.40. The van der Waals surface area contributed by atoms with Crippen LogP contribution in [0.25, 0.3) is 0 Å². The first kappa shape index (κ1) is 13.9. The van der Waals surface area contributed by atoms with Crippen LogP contribution in [-0.4, -0.2) is 31.1 Å². The molecule has 2 heteroatoms. The molecule has 2 atom stereocenters. The fourth-order valence-corrected chi connectivity index (χ4v) is 1.46. The highest BCUT2D eigenvalue weighted by Gasteiger charge is 2.09. The van der Waals surface area contributed by atoms with Crippen LogP contribution in [0.1, 0.15) is 40.5 Å². The number of nitrogens with zero attached hydrogens (tertiary/aromatic N) is 1. The second-order valence-corrected chi connectivity index (χ2v) is 4.97. The largest absolute Gasteiger partial charge is 0.327 e. The van der Waals surface area contributed by atoms with Crippen molar-refractivity contribution in [1.82, 2.24) is 4.90 Å². The first-order valence-electron chi connectivity index (χ1n) is 5.91. The Hall–Kier alpha value is -0.0800. The fourth-order valence-electron chi connectivity index (χ4n) is 1.46. The van der Waals surface area contributed by atoms with Gasteiger partial charge in [0.2, 0.25) is 0 Å². The second kappa shape index (κ2) is 7.24. The van der Waals surface area contributed by atoms with Gasteiger partial charge in [0.15, 0.2) is 0 Å². The normalized spacial score (nSPS) is 16.3. The van der Waals surface area contributed by atoms with E-state index in [0.29, 0.717) is 12.0 Å². The molecular weight excluding hydrogens is 172 g/mol. The summed E-state index contributed by atoms with van der Waals surface area (Å²) in [7, 11) is 2.19. The third kappa shape index (κ3) is 6.39. The molecule has 0 heterocycles. The summed E-state index contributed by atoms with van der Waals surface area (Å²) in [5.41, 5.74) is 6.00. The zero-order chi connectivity index (χ0) is 11.1. The van der Waals surface area contributed by atoms with Crippen molar-refractivity contribution in [3.05, 3.63) is 0 Å². The molecule has 0 aliphatic rings. The van der Waals surface area contributed by atoms with E-state index in [0.717, 1.165) is 18.9 Å². The van der Waals surface area contributed by atoms with Gasteiger partial charge in [-0.05, 0) is 31.8 Å². The Labute approximate surface area is 89.9 Å². The maximum Gasteiger partial charge on any atom is 0.00740 e. The monoisotopic (exact) mass is 200 g/mol. The highest BCUT2D eigenvalue weighted by molar-refractivity contribution is 4.67. The van der Waals surface area contributed by atoms with Crippen LogP contribution in [0, 0.1) is 11.8 Å². The molecule has 0 aliphatic carbocycles. The number of hydrogen-bond donors (Lipinski definition) is 1. The minimum atomic E-state index is 0.356. The molecular formula is C12H28N2. The highest BCUT2D eigenvalue weighted by Crippen LogP contribution is 2.06. The van der Waals surface area contributed by atoms with Crippen molar-refractivity contribution >= 4 is 0 Å². The Morgan fingerprint density at radius 1 is 1.21 bits per heavy atom. The number of hydrogen-bond acceptors (Lipinski definition) is 2. The molecule has 2 unspecified atom stereocenters. The van der Waals surface area contributed by atoms with Gasteiger partial charge >= 0.3 is 0 Å². The minimum absolute atomic E-state index is 0.356. The highest BCUT2D eigenvalue weighted by atomic mass is 15.1. The predicted molar refractivity (Wildman–Crippen MR) is 64.4 cm³/mol. The Bertz CT molecular complexity index is 134. The van der Waals surface area contributed by atoms with E-state index in [-0.39, 0.29) is 0 Å². The van der Waals surface area contributed by atoms with Crippen molar-refractivity contribution in [3.63, 3.8) is 0 Å². The molecule has 0 aliphatic heterocycles. The Morgan fingerprint density at radius 3 is 2.21 bits per heavy atom. The molecule has 0 bridgehead atoms. The Kier molecular flexibility index (Phi) is 7.20. The quantitative estimate of drug-likeness (QED) is 0.683. The summed E-state index contributed by atoms with van der Waals surface area (Å²) in [6, 6.07) is 0.356. The standard InChI is InChI=1S/C12H28N2/c1-6-11(4)9-14(5)8-7-12(13)10(2)3/h10-12H,6-9,13H2,1-5H3. The van der Waals surface area contributed by atoms with Crippen molar-refractivity contribution in [2.45, 2.75) is 46.6 Å². The lowest BCUT2D eigenvalue weighted by Crippen LogP contribution is -2.33. The van der Waals surface area contributed by atoms with Gasteiger partial charge in [-0.15, -0.1) is 0 Å². The van der Waals surface area contributed by atoms with E-state index in [1.165, 1.54) is 13.0 Å². The first-order chi connectivity index (χ1) is 6.47. The van der Waals surface area contributed by atoms with E-state index in [9.17, 15) is 0 Å². The van der Waals surface area contributed by atoms with Crippen LogP contribution in [0.4, 0.5) is 0 Å². The molecule has 0 aromatic heterocycles. The molecule has 86 valence electrons. The first-order valence-corrected chi connectivity index (χ1v) is 5.91. The molecule has 0 fully saturated rings. The lowest BCUT2D eigenvalue weighted by molar-refractivity contribution is 0.263. The number of rotatable bonds is 7. The van der Waals surface area contributed by atoms with Crippen LogP contribution in [0.3, 0.4) is 0 Å². The average Bonchev–Trinajstić information content (AvgIpc) is 2.13. The molecule has 0 amide bonds. The topological polar surface area (TPSA) is 29.3 Å². The predicted octanol–water partition coefficient (Wildman–Crippen LogP) is 2.34. The number of nitrogens with two attached hydrogens (primary N) is 1. The molecule has 0 saturated carbocycles. The molecule has 0 saturated heterocycles. The van der Waals surface area contributed by atoms with E-state index in [2.05, 4.69) is 39.6 Å². The zero-order valence-electron chi connectivity index (χ0n) is 10.6. The lowest BCUT2D eigenvalue weighted by Gasteiger charge is -2.23. The summed E-state index contributed by atoms with van der Waals surface area (Å²) in [6.45, 7) is 11.3. The van der Waals surface area contributed by atoms with E-state index >= 15 is 0 Å². The van der Waals surface area contributed by atoms with Crippen molar-refractivity contribution in [1.29, 1.82) is 0 Å². The molecule has 2 nitrogen and oxygen atoms in total. The maximum absolute atomic E-state index is 6.00. The van der Waals surface area contributed by atoms with Crippen molar-refractivity contribution in [2.75, 3.05) is 20.1 Å². The molecule has 0 radical (unpaired) electrons. The fraction of sp³-hybridized carbons (Fsp3) is 1.00. The lowest BCUT2D eigenvalue weighted by atomic mass is 10.0. The third-order valence-electron chi connectivity index (χ3n) is 3.02. The smallest absolute Gasteiger partial charge is 0.00740 e. The summed E-state index contributed by atoms with van der Waals surface area (Å²) >= 11 is 0. The maximum atomic E-state index is 6.00. The van der Waals surface area contributed by atoms with Gasteiger partial charge in [-0.1, -0.05) is 34.1 Å². The van der Waals surface area contributed by atoms with Crippen molar-refractivity contribution < 1.29 is 0 Å². The van der Waals surface area contributed by atoms with Crippen molar-refractivity contribution in [2.24, 2.45) is 17.6 Å². The Morgan fingerprint density at radius 2 is 1.79 bits per heavy atom. The molecule has 0 aromatic carbocycles. The second-order valence-electron chi connectivity index (χ2n) is 4.97. The molecule has 2 N–H and O–H groups in total. The van der Waals surface area contributed by atoms with Gasteiger partial charge in [0.25, 0.3) is 0 Å². The van der Waals surface area contributed by atoms with E-state index in [4.69, 9.17) is 5.73 Å². The van der Waals surface area contributed by atoms with Crippen LogP contribution in [0.5, 0.6) is 0 Å². The van der Waals surface area contributed by atoms with Gasteiger partial charge in [0, 0.05) is 12.6 Å². The van der Waals surface area contributed by atoms with Crippen LogP contribution in [-0.2, 0) is 0 Å². The summed E-state index contributed by atoms with van der Waals surface area (Å²) in [5, 5.41) is 0. The van der Waals surface area contributed by atoms with Crippen LogP contribution in [0.2, 0.25) is 0 Å². The van der Waals surface area contributed by atoms with Crippen molar-refractivity contribution in [3.8, 4) is 0 Å². The third-order valence-corrected chi connectivity index (χ3v) is 3.02. The average molecular weight is 200 g/mol. The summed E-state index contributed by atoms with van der Waals surface area (Å²) < 4.78 is 0.